The average molecular weight is 857 g/mol. The van der Waals surface area contributed by atoms with Crippen LogP contribution in [0.25, 0.3) is 22.1 Å². The summed E-state index contributed by atoms with van der Waals surface area (Å²) >= 11 is 0. The van der Waals surface area contributed by atoms with Crippen molar-refractivity contribution in [3.05, 3.63) is 151 Å². The zero-order valence-electron chi connectivity index (χ0n) is 30.9. The molecule has 0 saturated heterocycles. The first-order valence-corrected chi connectivity index (χ1v) is 17.3. The van der Waals surface area contributed by atoms with Crippen molar-refractivity contribution in [1.82, 2.24) is 19.6 Å². The Kier molecular flexibility index (Phi) is 16.5. The summed E-state index contributed by atoms with van der Waals surface area (Å²) in [5.74, 6) is -1.45. The third-order valence-electron chi connectivity index (χ3n) is 7.85. The summed E-state index contributed by atoms with van der Waals surface area (Å²) in [7, 11) is -4.86. The molecule has 18 nitrogen and oxygen atoms in total. The number of benzene rings is 5. The van der Waals surface area contributed by atoms with E-state index in [-0.39, 0.29) is 116 Å². The molecule has 7 rings (SSSR count). The first-order valence-electron chi connectivity index (χ1n) is 15.9. The Morgan fingerprint density at radius 1 is 0.621 bits per heavy atom. The van der Waals surface area contributed by atoms with Crippen LogP contribution in [0.2, 0.25) is 0 Å². The summed E-state index contributed by atoms with van der Waals surface area (Å²) < 4.78 is 36.9. The monoisotopic (exact) mass is 856 g/mol. The Morgan fingerprint density at radius 3 is 1.53 bits per heavy atom. The number of para-hydroxylation sites is 2. The molecule has 2 aromatic heterocycles. The molecule has 0 unspecified atom stereocenters. The van der Waals surface area contributed by atoms with E-state index in [9.17, 15) is 42.9 Å². The van der Waals surface area contributed by atoms with E-state index in [1.807, 2.05) is 6.07 Å². The van der Waals surface area contributed by atoms with Crippen molar-refractivity contribution in [2.75, 3.05) is 0 Å². The Bertz CT molecular complexity index is 2880. The van der Waals surface area contributed by atoms with Gasteiger partial charge in [-0.25, -0.2) is 8.42 Å². The standard InChI is InChI=1S/C20H16N4O5S.C16H13N5O4.Cr.2Na/c1-12-18(20(26)24(23-12)13-7-3-2-4-8-13)21-22-19-15-10-6-5-9-14(15)17(11-16(19)25)30(27,28)29;1-10-15(16(23)20(19-10)11-5-3-2-4-6-11)18-17-13-8-7-12(21(24)25)9-14(13)22;;;/h2-11H,1H3,(H3,21,22,23,25,26,27,28,29);2-9H,1H3,(H2,17,18,19,22,23);;;/q;;+3;2*+1/p-5. The Hall–Kier alpha value is -4.98. The quantitative estimate of drug-likeness (QED) is 0.0598. The second-order valence-corrected chi connectivity index (χ2v) is 12.9. The summed E-state index contributed by atoms with van der Waals surface area (Å²) in [4.78, 5) is 34.4. The van der Waals surface area contributed by atoms with Crippen LogP contribution in [0.4, 0.5) is 28.4 Å². The van der Waals surface area contributed by atoms with Crippen molar-refractivity contribution in [2.45, 2.75) is 18.7 Å². The molecule has 281 valence electrons. The molecule has 7 aromatic rings. The number of nitrogens with zero attached hydrogens (tertiary/aromatic N) is 9. The van der Waals surface area contributed by atoms with E-state index in [4.69, 9.17) is 0 Å². The van der Waals surface area contributed by atoms with E-state index in [0.29, 0.717) is 22.8 Å². The molecule has 22 heteroatoms. The van der Waals surface area contributed by atoms with Crippen LogP contribution < -0.4 is 90.6 Å². The van der Waals surface area contributed by atoms with Gasteiger partial charge in [-0.15, -0.1) is 21.6 Å². The smallest absolute Gasteiger partial charge is 0.871 e. The molecule has 58 heavy (non-hydrogen) atoms. The van der Waals surface area contributed by atoms with Crippen LogP contribution in [0.5, 0.6) is 11.5 Å². The predicted octanol–water partition coefficient (Wildman–Crippen LogP) is -0.845. The number of non-ortho nitro benzene ring substituents is 1. The molecule has 0 fully saturated rings. The Labute approximate surface area is 383 Å². The van der Waals surface area contributed by atoms with Gasteiger partial charge < -0.3 is 34.3 Å². The molecule has 2 heterocycles. The molecule has 0 aliphatic carbocycles. The van der Waals surface area contributed by atoms with Gasteiger partial charge in [-0.05, 0) is 36.4 Å². The number of aryl methyl sites for hydroxylation is 2. The van der Waals surface area contributed by atoms with E-state index in [0.717, 1.165) is 18.2 Å². The van der Waals surface area contributed by atoms with Crippen molar-refractivity contribution >= 4 is 49.3 Å². The molecule has 0 N–H and O–H groups in total. The van der Waals surface area contributed by atoms with Gasteiger partial charge in [0.1, 0.15) is 21.5 Å². The Morgan fingerprint density at radius 2 is 1.07 bits per heavy atom. The van der Waals surface area contributed by atoms with Crippen LogP contribution in [0, 0.1) is 24.0 Å². The van der Waals surface area contributed by atoms with Gasteiger partial charge >= 0.3 is 76.5 Å². The molecular weight excluding hydrogens is 832 g/mol. The van der Waals surface area contributed by atoms with Crippen molar-refractivity contribution in [2.24, 2.45) is 20.5 Å². The molecule has 0 aliphatic rings. The van der Waals surface area contributed by atoms with Crippen molar-refractivity contribution in [3.8, 4) is 22.9 Å². The largest absolute Gasteiger partial charge is 3.00 e. The normalized spacial score (nSPS) is 11.0. The van der Waals surface area contributed by atoms with Crippen LogP contribution in [-0.4, -0.2) is 27.3 Å². The number of fused-ring (bicyclic) bond motifs is 1. The molecule has 0 aliphatic heterocycles. The molecule has 0 atom stereocenters. The second-order valence-electron chi connectivity index (χ2n) is 11.5. The average Bonchev–Trinajstić information content (AvgIpc) is 3.62. The maximum Gasteiger partial charge on any atom is 3.00 e. The van der Waals surface area contributed by atoms with Gasteiger partial charge in [-0.2, -0.15) is 10.2 Å². The number of azo groups is 2. The molecule has 0 bridgehead atoms. The van der Waals surface area contributed by atoms with Crippen LogP contribution >= 0.6 is 0 Å². The minimum Gasteiger partial charge on any atom is -0.871 e. The third-order valence-corrected chi connectivity index (χ3v) is 8.73. The van der Waals surface area contributed by atoms with Crippen molar-refractivity contribution in [1.29, 1.82) is 0 Å². The van der Waals surface area contributed by atoms with E-state index in [1.165, 1.54) is 33.6 Å². The minimum atomic E-state index is -4.86. The zero-order chi connectivity index (χ0) is 39.4. The van der Waals surface area contributed by atoms with E-state index in [1.54, 1.807) is 74.5 Å². The van der Waals surface area contributed by atoms with Gasteiger partial charge in [0.2, 0.25) is 0 Å². The molecule has 0 saturated carbocycles. The minimum absolute atomic E-state index is 0. The number of aromatic nitrogens is 4. The SMILES string of the molecule is Cc1[n-]n(-c2ccccc2)c(=O)c1N=Nc1c([O-])cc(S(=O)(=O)[O-])c2ccccc12.Cc1[n-]n(-c2ccccc2)c(=O)c1N=Nc1ccc([N+](=O)[O-])cc1[O-].[Cr+3].[Na+].[Na+]. The summed E-state index contributed by atoms with van der Waals surface area (Å²) in [6, 6.07) is 27.4. The summed E-state index contributed by atoms with van der Waals surface area (Å²) in [5.41, 5.74) is 0.144. The summed E-state index contributed by atoms with van der Waals surface area (Å²) in [5, 5.41) is 58.8. The molecule has 0 amide bonds. The fourth-order valence-corrected chi connectivity index (χ4v) is 5.93. The van der Waals surface area contributed by atoms with Crippen molar-refractivity contribution in [3.63, 3.8) is 0 Å². The number of nitro groups is 1. The summed E-state index contributed by atoms with van der Waals surface area (Å²) in [6.07, 6.45) is 0. The van der Waals surface area contributed by atoms with Crippen LogP contribution in [0.1, 0.15) is 11.4 Å². The van der Waals surface area contributed by atoms with E-state index < -0.39 is 42.6 Å². The van der Waals surface area contributed by atoms with Gasteiger partial charge in [0, 0.05) is 34.3 Å². The van der Waals surface area contributed by atoms with Crippen molar-refractivity contribution < 1.29 is 105 Å². The summed E-state index contributed by atoms with van der Waals surface area (Å²) in [6.45, 7) is 3.18. The van der Waals surface area contributed by atoms with E-state index in [2.05, 4.69) is 30.7 Å². The first kappa shape index (κ1) is 47.4. The van der Waals surface area contributed by atoms with Gasteiger partial charge in [-0.3, -0.25) is 19.7 Å². The molecule has 5 aromatic carbocycles. The Balaban J connectivity index is 0.000000300. The number of hydrogen-bond donors (Lipinski definition) is 0. The van der Waals surface area contributed by atoms with Crippen LogP contribution in [-0.2, 0) is 27.5 Å². The van der Waals surface area contributed by atoms with E-state index >= 15 is 0 Å². The fraction of sp³-hybridized carbons (Fsp3) is 0.0556. The predicted molar refractivity (Wildman–Crippen MR) is 192 cm³/mol. The van der Waals surface area contributed by atoms with Gasteiger partial charge in [0.25, 0.3) is 16.8 Å². The molecule has 1 radical (unpaired) electrons. The van der Waals surface area contributed by atoms with Crippen LogP contribution in [0.3, 0.4) is 0 Å². The molecular formula is C36H24CrN9Na2O9S. The number of rotatable bonds is 8. The zero-order valence-corrected chi connectivity index (χ0v) is 37.0. The second kappa shape index (κ2) is 20.1. The topological polar surface area (TPSA) is 268 Å². The van der Waals surface area contributed by atoms with Gasteiger partial charge in [0.05, 0.1) is 21.2 Å². The number of hydrogen-bond acceptors (Lipinski definition) is 13. The maximum atomic E-state index is 12.7. The number of nitro benzene ring substituents is 1. The maximum absolute atomic E-state index is 12.7. The van der Waals surface area contributed by atoms with Gasteiger partial charge in [-0.1, -0.05) is 86.0 Å². The third kappa shape index (κ3) is 10.4. The molecule has 0 spiro atoms. The van der Waals surface area contributed by atoms with Gasteiger partial charge in [0.15, 0.2) is 0 Å². The first-order chi connectivity index (χ1) is 26.2. The van der Waals surface area contributed by atoms with Crippen LogP contribution in [0.15, 0.2) is 144 Å². The fourth-order valence-electron chi connectivity index (χ4n) is 5.23.